The van der Waals surface area contributed by atoms with Gasteiger partial charge >= 0.3 is 0 Å². The minimum atomic E-state index is -0.612. The Labute approximate surface area is 309 Å². The minimum absolute atomic E-state index is 0.0108. The van der Waals surface area contributed by atoms with Crippen molar-refractivity contribution in [3.8, 4) is 33.4 Å². The van der Waals surface area contributed by atoms with E-state index in [1.807, 2.05) is 30.3 Å². The molecular weight excluding hydrogens is 603 g/mol. The molecule has 244 valence electrons. The second-order valence-corrected chi connectivity index (χ2v) is 15.2. The average Bonchev–Trinajstić information content (AvgIpc) is 3.44. The summed E-state index contributed by atoms with van der Waals surface area (Å²) in [4.78, 5) is 1.80. The van der Waals surface area contributed by atoms with Gasteiger partial charge < -0.3 is 4.90 Å². The highest BCUT2D eigenvalue weighted by Gasteiger charge is 2.46. The first-order chi connectivity index (χ1) is 27.8. The molecule has 0 aliphatic heterocycles. The smallest absolute Gasteiger partial charge is 0.0645 e. The van der Waals surface area contributed by atoms with Gasteiger partial charge in [0.15, 0.2) is 0 Å². The van der Waals surface area contributed by atoms with E-state index in [0.717, 1.165) is 44.2 Å². The van der Waals surface area contributed by atoms with Crippen molar-refractivity contribution in [1.29, 1.82) is 0 Å². The van der Waals surface area contributed by atoms with Crippen LogP contribution in [0.25, 0.3) is 44.2 Å². The normalized spacial score (nSPS) is 18.4. The molecule has 0 atom stereocenters. The van der Waals surface area contributed by atoms with E-state index in [1.54, 1.807) is 4.90 Å². The van der Waals surface area contributed by atoms with Gasteiger partial charge in [-0.1, -0.05) is 145 Å². The summed E-state index contributed by atoms with van der Waals surface area (Å²) in [5.41, 5.74) is 8.52. The second kappa shape index (κ2) is 10.8. The van der Waals surface area contributed by atoms with Gasteiger partial charge in [0, 0.05) is 22.5 Å². The third kappa shape index (κ3) is 4.39. The molecule has 0 bridgehead atoms. The molecule has 50 heavy (non-hydrogen) atoms. The molecule has 0 aromatic heterocycles. The van der Waals surface area contributed by atoms with E-state index in [-0.39, 0.29) is 27.6 Å². The first kappa shape index (κ1) is 22.3. The maximum absolute atomic E-state index is 9.60. The van der Waals surface area contributed by atoms with Gasteiger partial charge in [-0.2, -0.15) is 0 Å². The Kier molecular flexibility index (Phi) is 4.83. The summed E-state index contributed by atoms with van der Waals surface area (Å²) in [7, 11) is 0. The van der Waals surface area contributed by atoms with Crippen LogP contribution in [0.4, 0.5) is 17.1 Å². The lowest BCUT2D eigenvalue weighted by atomic mass is 9.55. The first-order valence-corrected chi connectivity index (χ1v) is 17.2. The molecule has 0 N–H and O–H groups in total. The summed E-state index contributed by atoms with van der Waals surface area (Å²) in [6, 6.07) is 28.8. The molecule has 1 nitrogen and oxygen atoms in total. The molecule has 0 fully saturated rings. The number of hydrogen-bond acceptors (Lipinski definition) is 1. The molecule has 0 amide bonds. The lowest BCUT2D eigenvalue weighted by Gasteiger charge is -2.48. The van der Waals surface area contributed by atoms with Gasteiger partial charge in [0.25, 0.3) is 0 Å². The van der Waals surface area contributed by atoms with Crippen LogP contribution in [0.2, 0.25) is 0 Å². The van der Waals surface area contributed by atoms with Crippen molar-refractivity contribution in [1.82, 2.24) is 0 Å². The predicted octanol–water partition coefficient (Wildman–Crippen LogP) is 13.5. The van der Waals surface area contributed by atoms with Crippen molar-refractivity contribution in [2.24, 2.45) is 0 Å². The summed E-state index contributed by atoms with van der Waals surface area (Å²) in [5.74, 6) is 0. The molecule has 0 unspecified atom stereocenters. The van der Waals surface area contributed by atoms with Gasteiger partial charge in [-0.05, 0) is 126 Å². The van der Waals surface area contributed by atoms with Crippen LogP contribution >= 0.6 is 0 Å². The summed E-state index contributed by atoms with van der Waals surface area (Å²) in [5, 5.41) is 2.29. The number of hydrogen-bond donors (Lipinski definition) is 0. The Morgan fingerprint density at radius 2 is 0.940 bits per heavy atom. The molecule has 2 aliphatic carbocycles. The number of benzene rings is 7. The van der Waals surface area contributed by atoms with E-state index < -0.39 is 59.8 Å². The highest BCUT2D eigenvalue weighted by molar-refractivity contribution is 5.95. The molecule has 0 saturated heterocycles. The molecule has 2 aliphatic rings. The summed E-state index contributed by atoms with van der Waals surface area (Å²) < 4.78 is 80.0. The molecule has 7 aromatic carbocycles. The van der Waals surface area contributed by atoms with Crippen LogP contribution in [-0.2, 0) is 16.2 Å². The lowest BCUT2D eigenvalue weighted by Crippen LogP contribution is -2.43. The number of anilines is 3. The van der Waals surface area contributed by atoms with Crippen molar-refractivity contribution in [2.45, 2.75) is 57.8 Å². The Balaban J connectivity index is 1.32. The highest BCUT2D eigenvalue weighted by atomic mass is 15.1. The van der Waals surface area contributed by atoms with E-state index in [0.29, 0.717) is 11.4 Å². The molecule has 0 saturated carbocycles. The number of nitrogens with zero attached hydrogens (tertiary/aromatic N) is 1. The van der Waals surface area contributed by atoms with Gasteiger partial charge in [-0.25, -0.2) is 0 Å². The quantitative estimate of drug-likeness (QED) is 0.183. The predicted molar refractivity (Wildman–Crippen MR) is 213 cm³/mol. The van der Waals surface area contributed by atoms with E-state index >= 15 is 0 Å². The minimum Gasteiger partial charge on any atom is -0.310 e. The van der Waals surface area contributed by atoms with E-state index in [1.165, 1.54) is 11.1 Å². The lowest BCUT2D eigenvalue weighted by molar-refractivity contribution is 0.299. The van der Waals surface area contributed by atoms with Crippen LogP contribution in [0.5, 0.6) is 0 Å². The Morgan fingerprint density at radius 3 is 1.64 bits per heavy atom. The van der Waals surface area contributed by atoms with Gasteiger partial charge in [0.2, 0.25) is 0 Å². The first-order valence-electron chi connectivity index (χ1n) is 21.7. The zero-order chi connectivity index (χ0) is 42.2. The van der Waals surface area contributed by atoms with E-state index in [4.69, 9.17) is 6.85 Å². The summed E-state index contributed by atoms with van der Waals surface area (Å²) >= 11 is 0. The fourth-order valence-corrected chi connectivity index (χ4v) is 8.23. The molecule has 9 rings (SSSR count). The fourth-order valence-electron chi connectivity index (χ4n) is 8.23. The van der Waals surface area contributed by atoms with Crippen LogP contribution in [-0.4, -0.2) is 0 Å². The van der Waals surface area contributed by atoms with Crippen molar-refractivity contribution in [3.63, 3.8) is 0 Å². The van der Waals surface area contributed by atoms with Crippen LogP contribution in [0.15, 0.2) is 151 Å². The third-order valence-corrected chi connectivity index (χ3v) is 11.8. The fraction of sp³-hybridized carbons (Fsp3) is 0.184. The van der Waals surface area contributed by atoms with Crippen LogP contribution in [0.1, 0.15) is 76.1 Å². The SMILES string of the molecule is [2H]c1c([2H])c([2H])c(-c2c([2H])c([2H])c(N(c3ccc4c(c3)C(C)(C)c3cc5ccccc5cc3-4)c3ccc4c(c3)C(C)(C)C(C)(C)c3ccccc3-4)c([2H])c2[2H])c([2H])c1[2H]. The molecule has 0 heterocycles. The largest absolute Gasteiger partial charge is 0.310 e. The van der Waals surface area contributed by atoms with E-state index in [9.17, 15) is 5.48 Å². The topological polar surface area (TPSA) is 3.24 Å². The molecule has 0 radical (unpaired) electrons. The Morgan fingerprint density at radius 1 is 0.420 bits per heavy atom. The molecule has 0 spiro atoms. The maximum atomic E-state index is 9.60. The summed E-state index contributed by atoms with van der Waals surface area (Å²) in [6.45, 7) is 13.4. The second-order valence-electron chi connectivity index (χ2n) is 15.2. The van der Waals surface area contributed by atoms with Crippen LogP contribution < -0.4 is 4.90 Å². The van der Waals surface area contributed by atoms with Crippen molar-refractivity contribution < 1.29 is 12.3 Å². The van der Waals surface area contributed by atoms with Gasteiger partial charge in [-0.3, -0.25) is 0 Å². The van der Waals surface area contributed by atoms with Crippen LogP contribution in [0.3, 0.4) is 0 Å². The van der Waals surface area contributed by atoms with Crippen molar-refractivity contribution in [2.75, 3.05) is 4.90 Å². The molecule has 1 heteroatoms. The zero-order valence-electron chi connectivity index (χ0n) is 38.2. The van der Waals surface area contributed by atoms with Crippen LogP contribution in [0, 0.1) is 0 Å². The van der Waals surface area contributed by atoms with Gasteiger partial charge in [-0.15, -0.1) is 0 Å². The average molecular weight is 655 g/mol. The molecular formula is C49H43N. The Hall–Kier alpha value is -5.40. The zero-order valence-corrected chi connectivity index (χ0v) is 29.2. The summed E-state index contributed by atoms with van der Waals surface area (Å²) in [6.07, 6.45) is 0. The Bertz CT molecular complexity index is 2920. The van der Waals surface area contributed by atoms with Crippen molar-refractivity contribution >= 4 is 27.8 Å². The van der Waals surface area contributed by atoms with E-state index in [2.05, 4.69) is 108 Å². The number of fused-ring (bicyclic) bond motifs is 7. The van der Waals surface area contributed by atoms with Gasteiger partial charge in [0.1, 0.15) is 0 Å². The standard InChI is InChI=1S/C49H43N/c1-47(2)44-29-35-17-11-10-16-34(35)28-42(44)41-27-25-37(30-45(41)47)50(36-22-20-33(21-23-36)32-14-8-7-9-15-32)38-24-26-40-39-18-12-13-19-43(39)48(3,4)49(5,6)46(40)31-38/h7-31H,1-6H3/i7D,8D,9D,14D,15D,20D,21D,22D,23D. The molecule has 7 aromatic rings. The van der Waals surface area contributed by atoms with Crippen molar-refractivity contribution in [3.05, 3.63) is 174 Å². The maximum Gasteiger partial charge on any atom is 0.0645 e. The monoisotopic (exact) mass is 654 g/mol. The highest BCUT2D eigenvalue weighted by Crippen LogP contribution is 2.56. The van der Waals surface area contributed by atoms with Gasteiger partial charge in [0.05, 0.1) is 12.3 Å². The number of rotatable bonds is 4. The third-order valence-electron chi connectivity index (χ3n) is 11.8.